The first-order chi connectivity index (χ1) is 12.0. The number of amides is 1. The highest BCUT2D eigenvalue weighted by Crippen LogP contribution is 2.39. The van der Waals surface area contributed by atoms with E-state index in [0.29, 0.717) is 24.3 Å². The Morgan fingerprint density at radius 3 is 2.44 bits per heavy atom. The summed E-state index contributed by atoms with van der Waals surface area (Å²) in [5, 5.41) is 2.66. The van der Waals surface area contributed by atoms with Gasteiger partial charge in [0.1, 0.15) is 0 Å². The minimum atomic E-state index is -1.66. The van der Waals surface area contributed by atoms with Crippen LogP contribution in [0.2, 0.25) is 0 Å². The predicted octanol–water partition coefficient (Wildman–Crippen LogP) is 3.54. The molecule has 1 atom stereocenters. The van der Waals surface area contributed by atoms with Crippen LogP contribution in [0.15, 0.2) is 24.3 Å². The quantitative estimate of drug-likeness (QED) is 0.857. The van der Waals surface area contributed by atoms with Crippen molar-refractivity contribution in [3.8, 4) is 11.5 Å². The van der Waals surface area contributed by atoms with Crippen LogP contribution >= 0.6 is 0 Å². The number of benzene rings is 2. The Balaban J connectivity index is 1.87. The van der Waals surface area contributed by atoms with Crippen molar-refractivity contribution in [1.82, 2.24) is 5.32 Å². The average Bonchev–Trinajstić information content (AvgIpc) is 3.00. The topological polar surface area (TPSA) is 47.6 Å². The Hall–Kier alpha value is -2.70. The normalized spacial score (nSPS) is 15.6. The fourth-order valence-corrected chi connectivity index (χ4v) is 3.02. The van der Waals surface area contributed by atoms with Gasteiger partial charge in [-0.05, 0) is 48.2 Å². The third-order valence-electron chi connectivity index (χ3n) is 4.31. The summed E-state index contributed by atoms with van der Waals surface area (Å²) in [6.07, 6.45) is 1.30. The van der Waals surface area contributed by atoms with Gasteiger partial charge >= 0.3 is 0 Å². The van der Waals surface area contributed by atoms with Gasteiger partial charge in [-0.1, -0.05) is 0 Å². The second-order valence-corrected chi connectivity index (χ2v) is 5.69. The SMILES string of the molecule is COc1cc2c(cc1OC)C(NC(=O)c1ccc(F)c(F)c1F)CC2. The lowest BCUT2D eigenvalue weighted by Crippen LogP contribution is -2.28. The summed E-state index contributed by atoms with van der Waals surface area (Å²) in [5.41, 5.74) is 1.27. The van der Waals surface area contributed by atoms with E-state index in [0.717, 1.165) is 23.3 Å². The largest absolute Gasteiger partial charge is 0.493 e. The summed E-state index contributed by atoms with van der Waals surface area (Å²) < 4.78 is 50.6. The molecule has 2 aromatic carbocycles. The lowest BCUT2D eigenvalue weighted by molar-refractivity contribution is 0.0931. The van der Waals surface area contributed by atoms with Gasteiger partial charge in [-0.25, -0.2) is 13.2 Å². The number of halogens is 3. The molecule has 7 heteroatoms. The van der Waals surface area contributed by atoms with Gasteiger partial charge in [0.2, 0.25) is 0 Å². The van der Waals surface area contributed by atoms with Crippen LogP contribution in [0.25, 0.3) is 0 Å². The molecule has 1 unspecified atom stereocenters. The molecule has 2 aromatic rings. The first-order valence-corrected chi connectivity index (χ1v) is 7.65. The monoisotopic (exact) mass is 351 g/mol. The van der Waals surface area contributed by atoms with Gasteiger partial charge < -0.3 is 14.8 Å². The highest BCUT2D eigenvalue weighted by atomic mass is 19.2. The molecule has 3 rings (SSSR count). The molecule has 0 saturated carbocycles. The van der Waals surface area contributed by atoms with E-state index in [1.807, 2.05) is 6.07 Å². The Kier molecular flexibility index (Phi) is 4.57. The molecule has 1 amide bonds. The zero-order valence-electron chi connectivity index (χ0n) is 13.7. The van der Waals surface area contributed by atoms with Crippen molar-refractivity contribution in [1.29, 1.82) is 0 Å². The molecule has 1 aliphatic rings. The molecule has 1 aliphatic carbocycles. The van der Waals surface area contributed by atoms with E-state index in [4.69, 9.17) is 9.47 Å². The predicted molar refractivity (Wildman–Crippen MR) is 84.4 cm³/mol. The van der Waals surface area contributed by atoms with Crippen molar-refractivity contribution in [2.45, 2.75) is 18.9 Å². The smallest absolute Gasteiger partial charge is 0.254 e. The summed E-state index contributed by atoms with van der Waals surface area (Å²) in [4.78, 5) is 12.3. The molecule has 0 fully saturated rings. The number of carbonyl (C=O) groups excluding carboxylic acids is 1. The zero-order valence-corrected chi connectivity index (χ0v) is 13.7. The van der Waals surface area contributed by atoms with Crippen LogP contribution in [0, 0.1) is 17.5 Å². The van der Waals surface area contributed by atoms with Gasteiger partial charge in [0.15, 0.2) is 29.0 Å². The summed E-state index contributed by atoms with van der Waals surface area (Å²) in [6.45, 7) is 0. The molecule has 0 aliphatic heterocycles. The van der Waals surface area contributed by atoms with Crippen LogP contribution in [-0.4, -0.2) is 20.1 Å². The molecular weight excluding hydrogens is 335 g/mol. The van der Waals surface area contributed by atoms with Crippen LogP contribution < -0.4 is 14.8 Å². The molecule has 1 N–H and O–H groups in total. The van der Waals surface area contributed by atoms with Crippen molar-refractivity contribution in [2.75, 3.05) is 14.2 Å². The third-order valence-corrected chi connectivity index (χ3v) is 4.31. The van der Waals surface area contributed by atoms with Crippen molar-refractivity contribution in [3.63, 3.8) is 0 Å². The fraction of sp³-hybridized carbons (Fsp3) is 0.278. The maximum Gasteiger partial charge on any atom is 0.254 e. The number of fused-ring (bicyclic) bond motifs is 1. The van der Waals surface area contributed by atoms with E-state index < -0.39 is 28.9 Å². The first kappa shape index (κ1) is 17.1. The number of ether oxygens (including phenoxy) is 2. The maximum absolute atomic E-state index is 13.8. The summed E-state index contributed by atoms with van der Waals surface area (Å²) in [6, 6.07) is 4.86. The minimum absolute atomic E-state index is 0.380. The molecule has 0 aromatic heterocycles. The molecule has 0 heterocycles. The van der Waals surface area contributed by atoms with Gasteiger partial charge in [0.05, 0.1) is 25.8 Å². The van der Waals surface area contributed by atoms with Crippen LogP contribution in [-0.2, 0) is 6.42 Å². The number of hydrogen-bond acceptors (Lipinski definition) is 3. The van der Waals surface area contributed by atoms with Gasteiger partial charge in [0, 0.05) is 0 Å². The number of methoxy groups -OCH3 is 2. The Morgan fingerprint density at radius 1 is 1.08 bits per heavy atom. The lowest BCUT2D eigenvalue weighted by atomic mass is 10.1. The van der Waals surface area contributed by atoms with Crippen molar-refractivity contribution in [2.24, 2.45) is 0 Å². The molecule has 0 spiro atoms. The Morgan fingerprint density at radius 2 is 1.76 bits per heavy atom. The summed E-state index contributed by atoms with van der Waals surface area (Å²) in [5.74, 6) is -4.20. The zero-order chi connectivity index (χ0) is 18.1. The van der Waals surface area contributed by atoms with E-state index in [9.17, 15) is 18.0 Å². The highest BCUT2D eigenvalue weighted by molar-refractivity contribution is 5.94. The number of aryl methyl sites for hydroxylation is 1. The number of hydrogen-bond donors (Lipinski definition) is 1. The maximum atomic E-state index is 13.8. The van der Waals surface area contributed by atoms with Crippen molar-refractivity contribution >= 4 is 5.91 Å². The van der Waals surface area contributed by atoms with Crippen LogP contribution in [0.5, 0.6) is 11.5 Å². The van der Waals surface area contributed by atoms with Gasteiger partial charge in [0.25, 0.3) is 5.91 Å². The fourth-order valence-electron chi connectivity index (χ4n) is 3.02. The Labute approximate surface area is 142 Å². The van der Waals surface area contributed by atoms with E-state index in [2.05, 4.69) is 5.32 Å². The first-order valence-electron chi connectivity index (χ1n) is 7.65. The number of nitrogens with one attached hydrogen (secondary N) is 1. The molecule has 25 heavy (non-hydrogen) atoms. The molecular formula is C18H16F3NO3. The molecule has 132 valence electrons. The minimum Gasteiger partial charge on any atom is -0.493 e. The van der Waals surface area contributed by atoms with Gasteiger partial charge in [-0.3, -0.25) is 4.79 Å². The molecule has 0 bridgehead atoms. The van der Waals surface area contributed by atoms with E-state index in [1.54, 1.807) is 6.07 Å². The number of carbonyl (C=O) groups is 1. The van der Waals surface area contributed by atoms with Crippen molar-refractivity contribution < 1.29 is 27.4 Å². The second-order valence-electron chi connectivity index (χ2n) is 5.69. The molecule has 0 saturated heterocycles. The molecule has 0 radical (unpaired) electrons. The third kappa shape index (κ3) is 3.01. The average molecular weight is 351 g/mol. The Bertz CT molecular complexity index is 839. The van der Waals surface area contributed by atoms with E-state index in [1.165, 1.54) is 14.2 Å². The van der Waals surface area contributed by atoms with E-state index in [-0.39, 0.29) is 6.04 Å². The summed E-state index contributed by atoms with van der Waals surface area (Å²) in [7, 11) is 3.04. The standard InChI is InChI=1S/C18H16F3NO3/c1-24-14-7-9-3-6-13(11(9)8-15(14)25-2)22-18(23)10-4-5-12(19)17(21)16(10)20/h4-5,7-8,13H,3,6H2,1-2H3,(H,22,23). The summed E-state index contributed by atoms with van der Waals surface area (Å²) >= 11 is 0. The van der Waals surface area contributed by atoms with Gasteiger partial charge in [-0.15, -0.1) is 0 Å². The number of rotatable bonds is 4. The van der Waals surface area contributed by atoms with Gasteiger partial charge in [-0.2, -0.15) is 0 Å². The van der Waals surface area contributed by atoms with Crippen LogP contribution in [0.4, 0.5) is 13.2 Å². The van der Waals surface area contributed by atoms with E-state index >= 15 is 0 Å². The second kappa shape index (κ2) is 6.66. The van der Waals surface area contributed by atoms with Crippen LogP contribution in [0.1, 0.15) is 33.9 Å². The lowest BCUT2D eigenvalue weighted by Gasteiger charge is -2.16. The molecule has 4 nitrogen and oxygen atoms in total. The highest BCUT2D eigenvalue weighted by Gasteiger charge is 2.28. The van der Waals surface area contributed by atoms with Crippen molar-refractivity contribution in [3.05, 3.63) is 58.4 Å². The van der Waals surface area contributed by atoms with Crippen LogP contribution in [0.3, 0.4) is 0 Å².